The van der Waals surface area contributed by atoms with Gasteiger partial charge in [-0.25, -0.2) is 0 Å². The van der Waals surface area contributed by atoms with Crippen molar-refractivity contribution in [2.75, 3.05) is 27.9 Å². The molecular formula is C24H27NO6. The van der Waals surface area contributed by atoms with Crippen LogP contribution in [0.25, 0.3) is 5.76 Å². The number of Topliss-reactive ketones (excluding diaryl/α,β-unsaturated/α-hetero) is 1. The lowest BCUT2D eigenvalue weighted by molar-refractivity contribution is -0.139. The molecule has 31 heavy (non-hydrogen) atoms. The summed E-state index contributed by atoms with van der Waals surface area (Å²) in [6.45, 7) is 2.42. The standard InChI is InChI=1S/C24H27NO6/c1-5-6-13-25-21(16-9-12-18(30-3)19(14-16)31-4)20(23(27)24(25)28)22(26)15-7-10-17(29-2)11-8-15/h7-12,14,21,26H,5-6,13H2,1-4H3/b22-20+/t21-/m1/s1. The Hall–Kier alpha value is -3.48. The minimum absolute atomic E-state index is 0.0542. The number of carbonyl (C=O) groups is 2. The smallest absolute Gasteiger partial charge is 0.295 e. The van der Waals surface area contributed by atoms with Crippen molar-refractivity contribution < 1.29 is 28.9 Å². The number of methoxy groups -OCH3 is 3. The lowest BCUT2D eigenvalue weighted by Crippen LogP contribution is -2.30. The van der Waals surface area contributed by atoms with Crippen LogP contribution in [0.15, 0.2) is 48.0 Å². The van der Waals surface area contributed by atoms with E-state index in [9.17, 15) is 14.7 Å². The molecule has 1 N–H and O–H groups in total. The number of ketones is 1. The number of unbranched alkanes of at least 4 members (excludes halogenated alkanes) is 1. The lowest BCUT2D eigenvalue weighted by Gasteiger charge is -2.25. The van der Waals surface area contributed by atoms with E-state index in [-0.39, 0.29) is 11.3 Å². The van der Waals surface area contributed by atoms with Crippen LogP contribution in [0.3, 0.4) is 0 Å². The van der Waals surface area contributed by atoms with E-state index in [0.717, 1.165) is 12.8 Å². The second-order valence-electron chi connectivity index (χ2n) is 7.19. The maximum absolute atomic E-state index is 13.0. The van der Waals surface area contributed by atoms with Gasteiger partial charge in [-0.15, -0.1) is 0 Å². The molecule has 1 aliphatic heterocycles. The van der Waals surface area contributed by atoms with E-state index < -0.39 is 17.7 Å². The molecule has 2 aromatic carbocycles. The van der Waals surface area contributed by atoms with E-state index in [0.29, 0.717) is 34.9 Å². The predicted molar refractivity (Wildman–Crippen MR) is 116 cm³/mol. The van der Waals surface area contributed by atoms with Crippen molar-refractivity contribution in [3.63, 3.8) is 0 Å². The van der Waals surface area contributed by atoms with Crippen molar-refractivity contribution in [3.05, 3.63) is 59.2 Å². The topological polar surface area (TPSA) is 85.3 Å². The number of rotatable bonds is 8. The van der Waals surface area contributed by atoms with Crippen LogP contribution in [0.1, 0.15) is 36.9 Å². The molecule has 0 radical (unpaired) electrons. The molecule has 1 amide bonds. The fraction of sp³-hybridized carbons (Fsp3) is 0.333. The molecule has 0 bridgehead atoms. The van der Waals surface area contributed by atoms with Crippen molar-refractivity contribution in [1.82, 2.24) is 4.90 Å². The van der Waals surface area contributed by atoms with Gasteiger partial charge in [-0.1, -0.05) is 19.4 Å². The zero-order valence-corrected chi connectivity index (χ0v) is 18.2. The number of nitrogens with zero attached hydrogens (tertiary/aromatic N) is 1. The third-order valence-electron chi connectivity index (χ3n) is 5.38. The van der Waals surface area contributed by atoms with E-state index >= 15 is 0 Å². The highest BCUT2D eigenvalue weighted by Gasteiger charge is 2.46. The Kier molecular flexibility index (Phi) is 6.84. The summed E-state index contributed by atoms with van der Waals surface area (Å²) in [6, 6.07) is 11.2. The van der Waals surface area contributed by atoms with Gasteiger partial charge in [0.2, 0.25) is 0 Å². The van der Waals surface area contributed by atoms with Crippen LogP contribution in [0.2, 0.25) is 0 Å². The van der Waals surface area contributed by atoms with E-state index in [1.54, 1.807) is 49.6 Å². The molecule has 3 rings (SSSR count). The first kappa shape index (κ1) is 22.2. The van der Waals surface area contributed by atoms with Crippen LogP contribution in [-0.4, -0.2) is 49.6 Å². The first-order chi connectivity index (χ1) is 15.0. The molecular weight excluding hydrogens is 398 g/mol. The summed E-state index contributed by atoms with van der Waals surface area (Å²) in [7, 11) is 4.60. The molecule has 0 saturated carbocycles. The van der Waals surface area contributed by atoms with Gasteiger partial charge in [0.15, 0.2) is 11.5 Å². The molecule has 1 fully saturated rings. The average molecular weight is 425 g/mol. The maximum atomic E-state index is 13.0. The van der Waals surface area contributed by atoms with Gasteiger partial charge in [0.25, 0.3) is 11.7 Å². The van der Waals surface area contributed by atoms with E-state index in [1.807, 2.05) is 6.92 Å². The number of hydrogen-bond donors (Lipinski definition) is 1. The fourth-order valence-electron chi connectivity index (χ4n) is 3.71. The predicted octanol–water partition coefficient (Wildman–Crippen LogP) is 3.93. The Morgan fingerprint density at radius 2 is 1.65 bits per heavy atom. The Morgan fingerprint density at radius 3 is 2.23 bits per heavy atom. The first-order valence-electron chi connectivity index (χ1n) is 10.1. The maximum Gasteiger partial charge on any atom is 0.295 e. The molecule has 7 heteroatoms. The van der Waals surface area contributed by atoms with Crippen molar-refractivity contribution in [3.8, 4) is 17.2 Å². The number of aliphatic hydroxyl groups excluding tert-OH is 1. The number of aliphatic hydroxyl groups is 1. The highest BCUT2D eigenvalue weighted by Crippen LogP contribution is 2.42. The van der Waals surface area contributed by atoms with Gasteiger partial charge in [-0.3, -0.25) is 9.59 Å². The summed E-state index contributed by atoms with van der Waals surface area (Å²) < 4.78 is 15.9. The summed E-state index contributed by atoms with van der Waals surface area (Å²) in [6.07, 6.45) is 1.60. The van der Waals surface area contributed by atoms with E-state index in [4.69, 9.17) is 14.2 Å². The SMILES string of the molecule is CCCCN1C(=O)C(=O)/C(=C(/O)c2ccc(OC)cc2)[C@H]1c1ccc(OC)c(OC)c1. The van der Waals surface area contributed by atoms with Gasteiger partial charge in [-0.05, 0) is 48.4 Å². The zero-order valence-electron chi connectivity index (χ0n) is 18.2. The molecule has 164 valence electrons. The third-order valence-corrected chi connectivity index (χ3v) is 5.38. The largest absolute Gasteiger partial charge is 0.507 e. The van der Waals surface area contributed by atoms with Gasteiger partial charge in [0.05, 0.1) is 32.9 Å². The van der Waals surface area contributed by atoms with Crippen molar-refractivity contribution in [2.45, 2.75) is 25.8 Å². The van der Waals surface area contributed by atoms with Gasteiger partial charge >= 0.3 is 0 Å². The van der Waals surface area contributed by atoms with Crippen molar-refractivity contribution in [2.24, 2.45) is 0 Å². The Morgan fingerprint density at radius 1 is 0.968 bits per heavy atom. The van der Waals surface area contributed by atoms with E-state index in [1.165, 1.54) is 19.1 Å². The molecule has 0 unspecified atom stereocenters. The minimum Gasteiger partial charge on any atom is -0.507 e. The average Bonchev–Trinajstić information content (AvgIpc) is 3.06. The number of hydrogen-bond acceptors (Lipinski definition) is 6. The third kappa shape index (κ3) is 4.21. The number of carbonyl (C=O) groups excluding carboxylic acids is 2. The van der Waals surface area contributed by atoms with Crippen molar-refractivity contribution >= 4 is 17.4 Å². The monoisotopic (exact) mass is 425 g/mol. The Balaban J connectivity index is 2.17. The van der Waals surface area contributed by atoms with Gasteiger partial charge in [-0.2, -0.15) is 0 Å². The Bertz CT molecular complexity index is 996. The quantitative estimate of drug-likeness (QED) is 0.392. The lowest BCUT2D eigenvalue weighted by atomic mass is 9.95. The molecule has 7 nitrogen and oxygen atoms in total. The van der Waals surface area contributed by atoms with Crippen LogP contribution < -0.4 is 14.2 Å². The summed E-state index contributed by atoms with van der Waals surface area (Å²) in [5, 5.41) is 11.1. The van der Waals surface area contributed by atoms with E-state index in [2.05, 4.69) is 0 Å². The summed E-state index contributed by atoms with van der Waals surface area (Å²) in [4.78, 5) is 27.4. The van der Waals surface area contributed by atoms with Crippen LogP contribution in [-0.2, 0) is 9.59 Å². The van der Waals surface area contributed by atoms with Crippen LogP contribution in [0.4, 0.5) is 0 Å². The number of benzene rings is 2. The number of likely N-dealkylation sites (tertiary alicyclic amines) is 1. The highest BCUT2D eigenvalue weighted by molar-refractivity contribution is 6.46. The summed E-state index contributed by atoms with van der Waals surface area (Å²) >= 11 is 0. The van der Waals surface area contributed by atoms with Crippen LogP contribution in [0.5, 0.6) is 17.2 Å². The highest BCUT2D eigenvalue weighted by atomic mass is 16.5. The molecule has 1 atom stereocenters. The van der Waals surface area contributed by atoms with Crippen LogP contribution >= 0.6 is 0 Å². The summed E-state index contributed by atoms with van der Waals surface area (Å²) in [5.74, 6) is 0.0844. The molecule has 1 heterocycles. The zero-order chi connectivity index (χ0) is 22.5. The minimum atomic E-state index is -0.728. The van der Waals surface area contributed by atoms with Gasteiger partial charge in [0, 0.05) is 12.1 Å². The molecule has 2 aromatic rings. The second-order valence-corrected chi connectivity index (χ2v) is 7.19. The number of ether oxygens (including phenoxy) is 3. The number of amides is 1. The molecule has 1 aliphatic rings. The molecule has 0 aromatic heterocycles. The normalized spacial score (nSPS) is 17.7. The van der Waals surface area contributed by atoms with Crippen molar-refractivity contribution in [1.29, 1.82) is 0 Å². The summed E-state index contributed by atoms with van der Waals surface area (Å²) in [5.41, 5.74) is 1.14. The Labute approximate surface area is 181 Å². The van der Waals surface area contributed by atoms with Gasteiger partial charge in [0.1, 0.15) is 11.5 Å². The molecule has 0 aliphatic carbocycles. The fourth-order valence-corrected chi connectivity index (χ4v) is 3.71. The first-order valence-corrected chi connectivity index (χ1v) is 10.1. The van der Waals surface area contributed by atoms with Crippen LogP contribution in [0, 0.1) is 0 Å². The van der Waals surface area contributed by atoms with Gasteiger partial charge < -0.3 is 24.2 Å². The second kappa shape index (κ2) is 9.55. The molecule has 1 saturated heterocycles. The molecule has 0 spiro atoms.